The van der Waals surface area contributed by atoms with E-state index in [9.17, 15) is 0 Å². The van der Waals surface area contributed by atoms with E-state index in [4.69, 9.17) is 4.74 Å². The molecule has 4 aromatic rings. The summed E-state index contributed by atoms with van der Waals surface area (Å²) < 4.78 is 5.82. The van der Waals surface area contributed by atoms with Crippen molar-refractivity contribution in [2.24, 2.45) is 0 Å². The van der Waals surface area contributed by atoms with Gasteiger partial charge in [0.05, 0.1) is 7.11 Å². The Labute approximate surface area is 243 Å². The zero-order chi connectivity index (χ0) is 24.3. The van der Waals surface area contributed by atoms with Gasteiger partial charge in [0.1, 0.15) is 5.75 Å². The van der Waals surface area contributed by atoms with E-state index >= 15 is 0 Å². The Morgan fingerprint density at radius 2 is 1.58 bits per heavy atom. The van der Waals surface area contributed by atoms with E-state index in [0.717, 1.165) is 25.4 Å². The molecule has 3 aromatic carbocycles. The molecule has 1 aromatic heterocycles. The largest absolute Gasteiger partial charge is 0.496 e. The minimum atomic E-state index is 0. The van der Waals surface area contributed by atoms with E-state index < -0.39 is 0 Å². The van der Waals surface area contributed by atoms with E-state index in [-0.39, 0.29) is 24.8 Å². The first kappa shape index (κ1) is 28.7. The Morgan fingerprint density at radius 1 is 0.868 bits per heavy atom. The molecule has 2 aliphatic rings. The molecule has 2 saturated heterocycles. The highest BCUT2D eigenvalue weighted by molar-refractivity contribution is 7.08. The second-order valence-corrected chi connectivity index (χ2v) is 10.9. The Kier molecular flexibility index (Phi) is 9.91. The summed E-state index contributed by atoms with van der Waals surface area (Å²) in [6.07, 6.45) is 2.58. The zero-order valence-corrected chi connectivity index (χ0v) is 24.2. The number of rotatable bonds is 7. The van der Waals surface area contributed by atoms with E-state index in [2.05, 4.69) is 105 Å². The van der Waals surface area contributed by atoms with Crippen LogP contribution in [0, 0.1) is 0 Å². The van der Waals surface area contributed by atoms with Gasteiger partial charge < -0.3 is 4.74 Å². The van der Waals surface area contributed by atoms with Gasteiger partial charge in [-0.2, -0.15) is 11.3 Å². The van der Waals surface area contributed by atoms with Crippen LogP contribution in [0.2, 0.25) is 0 Å². The monoisotopic (exact) mass is 566 g/mol. The third-order valence-corrected chi connectivity index (χ3v) is 8.68. The molecular formula is C32H36Cl2N2OS. The maximum atomic E-state index is 5.82. The summed E-state index contributed by atoms with van der Waals surface area (Å²) in [5, 5.41) is 4.37. The van der Waals surface area contributed by atoms with Crippen molar-refractivity contribution in [3.05, 3.63) is 112 Å². The van der Waals surface area contributed by atoms with Crippen LogP contribution in [-0.4, -0.2) is 48.6 Å². The second kappa shape index (κ2) is 13.1. The minimum absolute atomic E-state index is 0. The molecule has 0 unspecified atom stereocenters. The van der Waals surface area contributed by atoms with Gasteiger partial charge in [0.15, 0.2) is 0 Å². The van der Waals surface area contributed by atoms with Crippen molar-refractivity contribution >= 4 is 36.2 Å². The molecule has 0 amide bonds. The molecule has 0 radical (unpaired) electrons. The molecule has 38 heavy (non-hydrogen) atoms. The molecule has 2 fully saturated rings. The second-order valence-electron chi connectivity index (χ2n) is 10.1. The molecule has 2 aliphatic heterocycles. The van der Waals surface area contributed by atoms with Crippen LogP contribution in [-0.2, 0) is 6.54 Å². The lowest BCUT2D eigenvalue weighted by molar-refractivity contribution is 0.0380. The fraction of sp³-hybridized carbons (Fsp3) is 0.312. The van der Waals surface area contributed by atoms with Crippen LogP contribution in [0.1, 0.15) is 35.4 Å². The molecule has 3 nitrogen and oxygen atoms in total. The summed E-state index contributed by atoms with van der Waals surface area (Å²) in [7, 11) is 1.79. The first-order chi connectivity index (χ1) is 17.8. The van der Waals surface area contributed by atoms with Crippen molar-refractivity contribution in [2.45, 2.75) is 37.4 Å². The van der Waals surface area contributed by atoms with Gasteiger partial charge in [0, 0.05) is 43.2 Å². The molecular weight excluding hydrogens is 531 g/mol. The highest BCUT2D eigenvalue weighted by atomic mass is 35.5. The molecule has 0 spiro atoms. The van der Waals surface area contributed by atoms with Gasteiger partial charge in [-0.1, -0.05) is 66.7 Å². The summed E-state index contributed by atoms with van der Waals surface area (Å²) in [5.41, 5.74) is 6.67. The number of ether oxygens (including phenoxy) is 1. The number of halogens is 2. The maximum absolute atomic E-state index is 5.82. The van der Waals surface area contributed by atoms with E-state index in [0.29, 0.717) is 18.0 Å². The number of hydrogen-bond acceptors (Lipinski definition) is 4. The Morgan fingerprint density at radius 3 is 2.21 bits per heavy atom. The van der Waals surface area contributed by atoms with Crippen molar-refractivity contribution in [3.63, 3.8) is 0 Å². The van der Waals surface area contributed by atoms with Gasteiger partial charge in [-0.3, -0.25) is 9.80 Å². The maximum Gasteiger partial charge on any atom is 0.123 e. The van der Waals surface area contributed by atoms with Gasteiger partial charge in [-0.15, -0.1) is 24.8 Å². The predicted molar refractivity (Wildman–Crippen MR) is 164 cm³/mol. The van der Waals surface area contributed by atoms with Gasteiger partial charge in [0.25, 0.3) is 0 Å². The lowest BCUT2D eigenvalue weighted by Crippen LogP contribution is -2.57. The summed E-state index contributed by atoms with van der Waals surface area (Å²) in [6.45, 7) is 4.30. The van der Waals surface area contributed by atoms with Crippen LogP contribution in [0.15, 0.2) is 95.7 Å². The third-order valence-electron chi connectivity index (χ3n) is 7.99. The molecule has 3 heterocycles. The van der Waals surface area contributed by atoms with E-state index in [1.54, 1.807) is 18.4 Å². The number of piperazine rings is 1. The normalized spacial score (nSPS) is 19.4. The molecule has 0 saturated carbocycles. The van der Waals surface area contributed by atoms with Crippen molar-refractivity contribution in [1.29, 1.82) is 0 Å². The molecule has 0 N–H and O–H groups in total. The standard InChI is InChI=1S/C32H34N2OS.2ClH/c1-35-31-15-14-26(27-16-18-36-23-27)19-28(31)20-33-21-29-13-8-17-34(29)30(22-33)32(24-9-4-2-5-10-24)25-11-6-3-7-12-25;;/h2-7,9-12,14-16,18-19,23,29-30,32H,8,13,17,20-22H2,1H3;2*1H/t29-,30-;;/m0../s1. The summed E-state index contributed by atoms with van der Waals surface area (Å²) in [6, 6.07) is 32.2. The van der Waals surface area contributed by atoms with E-state index in [1.165, 1.54) is 47.2 Å². The SMILES string of the molecule is COc1ccc(-c2ccsc2)cc1CN1C[C@@H]2CCCN2[C@H](C(c2ccccc2)c2ccccc2)C1.Cl.Cl. The number of thiophene rings is 1. The highest BCUT2D eigenvalue weighted by Crippen LogP contribution is 2.38. The Balaban J connectivity index is 0.00000168. The number of benzene rings is 3. The van der Waals surface area contributed by atoms with Crippen LogP contribution >= 0.6 is 36.2 Å². The number of methoxy groups -OCH3 is 1. The Bertz CT molecular complexity index is 1230. The average Bonchev–Trinajstić information content (AvgIpc) is 3.63. The fourth-order valence-corrected chi connectivity index (χ4v) is 7.03. The average molecular weight is 568 g/mol. The number of hydrogen-bond donors (Lipinski definition) is 0. The number of nitrogens with zero attached hydrogens (tertiary/aromatic N) is 2. The molecule has 6 rings (SSSR count). The van der Waals surface area contributed by atoms with E-state index in [1.807, 2.05) is 0 Å². The number of fused-ring (bicyclic) bond motifs is 1. The minimum Gasteiger partial charge on any atom is -0.496 e. The van der Waals surface area contributed by atoms with Gasteiger partial charge in [-0.25, -0.2) is 0 Å². The van der Waals surface area contributed by atoms with Crippen LogP contribution in [0.5, 0.6) is 5.75 Å². The van der Waals surface area contributed by atoms with Crippen molar-refractivity contribution in [1.82, 2.24) is 9.80 Å². The lowest BCUT2D eigenvalue weighted by Gasteiger charge is -2.47. The topological polar surface area (TPSA) is 15.7 Å². The molecule has 6 heteroatoms. The molecule has 0 bridgehead atoms. The summed E-state index contributed by atoms with van der Waals surface area (Å²) in [5.74, 6) is 1.34. The van der Waals surface area contributed by atoms with Crippen LogP contribution < -0.4 is 4.74 Å². The van der Waals surface area contributed by atoms with Crippen molar-refractivity contribution in [2.75, 3.05) is 26.7 Å². The smallest absolute Gasteiger partial charge is 0.123 e. The first-order valence-electron chi connectivity index (χ1n) is 13.1. The third kappa shape index (κ3) is 5.95. The van der Waals surface area contributed by atoms with Crippen molar-refractivity contribution in [3.8, 4) is 16.9 Å². The predicted octanol–water partition coefficient (Wildman–Crippen LogP) is 7.75. The quantitative estimate of drug-likeness (QED) is 0.227. The zero-order valence-electron chi connectivity index (χ0n) is 21.7. The highest BCUT2D eigenvalue weighted by Gasteiger charge is 2.41. The Hall–Kier alpha value is -2.34. The fourth-order valence-electron chi connectivity index (χ4n) is 6.37. The molecule has 200 valence electrons. The summed E-state index contributed by atoms with van der Waals surface area (Å²) in [4.78, 5) is 5.51. The van der Waals surface area contributed by atoms with Crippen LogP contribution in [0.4, 0.5) is 0 Å². The van der Waals surface area contributed by atoms with Crippen molar-refractivity contribution < 1.29 is 4.74 Å². The van der Waals surface area contributed by atoms with Gasteiger partial charge in [-0.05, 0) is 70.6 Å². The van der Waals surface area contributed by atoms with Crippen LogP contribution in [0.25, 0.3) is 11.1 Å². The lowest BCUT2D eigenvalue weighted by atomic mass is 9.82. The first-order valence-corrected chi connectivity index (χ1v) is 14.0. The van der Waals surface area contributed by atoms with Gasteiger partial charge in [0.2, 0.25) is 0 Å². The molecule has 2 atom stereocenters. The molecule has 0 aliphatic carbocycles. The summed E-state index contributed by atoms with van der Waals surface area (Å²) >= 11 is 1.75. The van der Waals surface area contributed by atoms with Gasteiger partial charge >= 0.3 is 0 Å². The van der Waals surface area contributed by atoms with Crippen LogP contribution in [0.3, 0.4) is 0 Å².